The van der Waals surface area contributed by atoms with Gasteiger partial charge in [0.2, 0.25) is 5.52 Å². The number of thiazole rings is 1. The molecule has 2 heterocycles. The number of rotatable bonds is 0. The molecule has 0 fully saturated rings. The summed E-state index contributed by atoms with van der Waals surface area (Å²) < 4.78 is 3.49. The minimum absolute atomic E-state index is 1.07. The van der Waals surface area contributed by atoms with Crippen LogP contribution in [0.25, 0.3) is 21.0 Å². The zero-order valence-electron chi connectivity index (χ0n) is 15.1. The summed E-state index contributed by atoms with van der Waals surface area (Å²) in [6.45, 7) is 0. The first-order chi connectivity index (χ1) is 13.2. The minimum Gasteiger partial charge on any atom is -0.338 e. The van der Waals surface area contributed by atoms with Crippen molar-refractivity contribution in [2.75, 3.05) is 11.9 Å². The lowest BCUT2D eigenvalue weighted by Crippen LogP contribution is -2.29. The molecule has 0 spiro atoms. The third-order valence-corrected chi connectivity index (χ3v) is 7.14. The van der Waals surface area contributed by atoms with Crippen LogP contribution in [0.1, 0.15) is 5.01 Å². The number of nitrogens with zero attached hydrogens (tertiary/aromatic N) is 2. The van der Waals surface area contributed by atoms with Gasteiger partial charge in [0.25, 0.3) is 0 Å². The zero-order valence-corrected chi connectivity index (χ0v) is 16.7. The molecule has 2 nitrogen and oxygen atoms in total. The van der Waals surface area contributed by atoms with Crippen LogP contribution in [0.5, 0.6) is 0 Å². The molecule has 1 aromatic heterocycles. The first-order valence-electron chi connectivity index (χ1n) is 8.75. The van der Waals surface area contributed by atoms with E-state index in [1.807, 2.05) is 6.08 Å². The molecule has 27 heavy (non-hydrogen) atoms. The Bertz CT molecular complexity index is 1290. The van der Waals surface area contributed by atoms with Crippen LogP contribution in [-0.2, 0) is 7.05 Å². The number of thioether (sulfide) groups is 1. The highest BCUT2D eigenvalue weighted by Gasteiger charge is 2.21. The fraction of sp³-hybridized carbons (Fsp3) is 0.0870. The normalized spacial score (nSPS) is 14.6. The molecule has 0 bridgehead atoms. The van der Waals surface area contributed by atoms with Crippen molar-refractivity contribution in [2.24, 2.45) is 7.05 Å². The van der Waals surface area contributed by atoms with Gasteiger partial charge in [0, 0.05) is 23.9 Å². The van der Waals surface area contributed by atoms with Crippen LogP contribution in [0.15, 0.2) is 76.7 Å². The lowest BCUT2D eigenvalue weighted by molar-refractivity contribution is -0.642. The number of aryl methyl sites for hydroxylation is 1. The van der Waals surface area contributed by atoms with E-state index < -0.39 is 0 Å². The summed E-state index contributed by atoms with van der Waals surface area (Å²) in [6.07, 6.45) is 2.02. The van der Waals surface area contributed by atoms with Crippen LogP contribution in [0.4, 0.5) is 5.69 Å². The maximum Gasteiger partial charge on any atom is 0.315 e. The van der Waals surface area contributed by atoms with E-state index in [0.29, 0.717) is 0 Å². The first-order valence-corrected chi connectivity index (χ1v) is 10.4. The summed E-state index contributed by atoms with van der Waals surface area (Å²) in [6, 6.07) is 21.4. The lowest BCUT2D eigenvalue weighted by Gasteiger charge is -2.11. The van der Waals surface area contributed by atoms with Gasteiger partial charge in [-0.15, -0.1) is 0 Å². The van der Waals surface area contributed by atoms with Gasteiger partial charge in [-0.2, -0.15) is 4.57 Å². The molecule has 0 aliphatic carbocycles. The van der Waals surface area contributed by atoms with E-state index in [9.17, 15) is 0 Å². The standard InChI is InChI=1S/C23H17N2S2/c1-24-18-10-5-6-11-19(18)26-21(24)12-7-13-22-25(2)23-17-9-4-3-8-16(17)14-15-20(23)27-22/h3-6,8-12,14-15H,1-2H3/q+1. The van der Waals surface area contributed by atoms with Crippen LogP contribution in [0, 0.1) is 11.8 Å². The van der Waals surface area contributed by atoms with Crippen LogP contribution >= 0.6 is 23.1 Å². The smallest absolute Gasteiger partial charge is 0.315 e. The predicted molar refractivity (Wildman–Crippen MR) is 116 cm³/mol. The van der Waals surface area contributed by atoms with E-state index >= 15 is 0 Å². The topological polar surface area (TPSA) is 7.12 Å². The second-order valence-electron chi connectivity index (χ2n) is 6.48. The van der Waals surface area contributed by atoms with E-state index in [-0.39, 0.29) is 0 Å². The number of anilines is 1. The molecule has 4 heteroatoms. The van der Waals surface area contributed by atoms with Crippen molar-refractivity contribution in [3.8, 4) is 11.8 Å². The van der Waals surface area contributed by atoms with Crippen molar-refractivity contribution in [1.82, 2.24) is 0 Å². The van der Waals surface area contributed by atoms with Gasteiger partial charge in [0.1, 0.15) is 11.7 Å². The summed E-state index contributed by atoms with van der Waals surface area (Å²) in [7, 11) is 4.20. The Kier molecular flexibility index (Phi) is 3.93. The molecule has 0 atom stereocenters. The van der Waals surface area contributed by atoms with Gasteiger partial charge in [-0.3, -0.25) is 0 Å². The molecule has 1 aliphatic rings. The van der Waals surface area contributed by atoms with Crippen molar-refractivity contribution in [3.63, 3.8) is 0 Å². The van der Waals surface area contributed by atoms with Crippen molar-refractivity contribution >= 4 is 49.8 Å². The fourth-order valence-corrected chi connectivity index (χ4v) is 5.51. The SMILES string of the molecule is CN1C(=CC#Cc2sc3ccc4ccccc4c3[n+]2C)Sc2ccccc21. The van der Waals surface area contributed by atoms with Crippen LogP contribution in [-0.4, -0.2) is 7.05 Å². The highest BCUT2D eigenvalue weighted by molar-refractivity contribution is 8.03. The predicted octanol–water partition coefficient (Wildman–Crippen LogP) is 5.31. The summed E-state index contributed by atoms with van der Waals surface area (Å²) in [5.41, 5.74) is 2.50. The Balaban J connectivity index is 1.54. The number of para-hydroxylation sites is 1. The van der Waals surface area contributed by atoms with E-state index in [1.54, 1.807) is 23.1 Å². The fourth-order valence-electron chi connectivity index (χ4n) is 3.45. The summed E-state index contributed by atoms with van der Waals surface area (Å²) >= 11 is 3.52. The molecule has 0 unspecified atom stereocenters. The van der Waals surface area contributed by atoms with Crippen molar-refractivity contribution < 1.29 is 4.57 Å². The monoisotopic (exact) mass is 385 g/mol. The van der Waals surface area contributed by atoms with Crippen molar-refractivity contribution in [3.05, 3.63) is 76.8 Å². The molecule has 0 N–H and O–H groups in total. The Labute approximate surface area is 166 Å². The Hall–Kier alpha value is -2.74. The van der Waals surface area contributed by atoms with E-state index in [2.05, 4.69) is 96.1 Å². The van der Waals surface area contributed by atoms with Gasteiger partial charge in [-0.05, 0) is 29.7 Å². The summed E-state index contributed by atoms with van der Waals surface area (Å²) in [4.78, 5) is 3.49. The van der Waals surface area contributed by atoms with Gasteiger partial charge in [-0.25, -0.2) is 0 Å². The number of aromatic nitrogens is 1. The lowest BCUT2D eigenvalue weighted by atomic mass is 10.1. The van der Waals surface area contributed by atoms with E-state index in [4.69, 9.17) is 0 Å². The van der Waals surface area contributed by atoms with Crippen LogP contribution in [0.2, 0.25) is 0 Å². The zero-order chi connectivity index (χ0) is 18.4. The maximum atomic E-state index is 3.36. The average molecular weight is 386 g/mol. The molecule has 0 saturated carbocycles. The van der Waals surface area contributed by atoms with Crippen LogP contribution in [0.3, 0.4) is 0 Å². The van der Waals surface area contributed by atoms with Gasteiger partial charge < -0.3 is 4.90 Å². The highest BCUT2D eigenvalue weighted by Crippen LogP contribution is 2.44. The molecular weight excluding hydrogens is 368 g/mol. The Morgan fingerprint density at radius 2 is 1.81 bits per heavy atom. The average Bonchev–Trinajstić information content (AvgIpc) is 3.20. The summed E-state index contributed by atoms with van der Waals surface area (Å²) in [5.74, 6) is 6.63. The number of benzene rings is 3. The van der Waals surface area contributed by atoms with Gasteiger partial charge in [-0.1, -0.05) is 65.4 Å². The van der Waals surface area contributed by atoms with E-state index in [1.165, 1.54) is 31.6 Å². The molecule has 4 aromatic rings. The highest BCUT2D eigenvalue weighted by atomic mass is 32.2. The molecule has 1 aliphatic heterocycles. The minimum atomic E-state index is 1.07. The van der Waals surface area contributed by atoms with Crippen LogP contribution < -0.4 is 9.47 Å². The molecule has 0 amide bonds. The molecular formula is C23H17N2S2+. The third kappa shape index (κ3) is 2.71. The number of hydrogen-bond acceptors (Lipinski definition) is 3. The second kappa shape index (κ2) is 6.45. The number of allylic oxidation sites excluding steroid dienone is 1. The summed E-state index contributed by atoms with van der Waals surface area (Å²) in [5, 5.41) is 4.78. The molecule has 5 rings (SSSR count). The quantitative estimate of drug-likeness (QED) is 0.299. The third-order valence-electron chi connectivity index (χ3n) is 4.86. The van der Waals surface area contributed by atoms with Gasteiger partial charge in [0.15, 0.2) is 0 Å². The largest absolute Gasteiger partial charge is 0.338 e. The Morgan fingerprint density at radius 1 is 1.00 bits per heavy atom. The Morgan fingerprint density at radius 3 is 2.70 bits per heavy atom. The van der Waals surface area contributed by atoms with Crippen molar-refractivity contribution in [2.45, 2.75) is 4.90 Å². The van der Waals surface area contributed by atoms with Gasteiger partial charge in [0.05, 0.1) is 16.1 Å². The number of hydrogen-bond donors (Lipinski definition) is 0. The molecule has 0 radical (unpaired) electrons. The first kappa shape index (κ1) is 16.4. The second-order valence-corrected chi connectivity index (χ2v) is 8.57. The molecule has 3 aromatic carbocycles. The maximum absolute atomic E-state index is 3.36. The van der Waals surface area contributed by atoms with E-state index in [0.717, 1.165) is 10.0 Å². The van der Waals surface area contributed by atoms with Crippen molar-refractivity contribution in [1.29, 1.82) is 0 Å². The molecule has 0 saturated heterocycles. The van der Waals surface area contributed by atoms with Gasteiger partial charge >= 0.3 is 5.01 Å². The molecule has 130 valence electrons. The number of fused-ring (bicyclic) bond motifs is 4.